The van der Waals surface area contributed by atoms with Crippen LogP contribution in [-0.2, 0) is 0 Å². The Morgan fingerprint density at radius 2 is 2.05 bits per heavy atom. The molecule has 0 atom stereocenters. The molecule has 19 heavy (non-hydrogen) atoms. The number of carboxylic acid groups (broad SMARTS) is 1. The highest BCUT2D eigenvalue weighted by atomic mass is 16.4. The van der Waals surface area contributed by atoms with Gasteiger partial charge in [0, 0.05) is 17.3 Å². The molecular formula is C14H11N3O2. The van der Waals surface area contributed by atoms with Crippen LogP contribution < -0.4 is 0 Å². The minimum atomic E-state index is -1.03. The van der Waals surface area contributed by atoms with Crippen LogP contribution in [0.25, 0.3) is 16.6 Å². The van der Waals surface area contributed by atoms with E-state index in [-0.39, 0.29) is 5.69 Å². The fourth-order valence-electron chi connectivity index (χ4n) is 2.05. The van der Waals surface area contributed by atoms with E-state index in [9.17, 15) is 4.79 Å². The first-order chi connectivity index (χ1) is 9.15. The average Bonchev–Trinajstić information content (AvgIpc) is 2.87. The van der Waals surface area contributed by atoms with Crippen molar-refractivity contribution in [3.63, 3.8) is 0 Å². The molecule has 3 aromatic rings. The van der Waals surface area contributed by atoms with Gasteiger partial charge in [0.1, 0.15) is 0 Å². The highest BCUT2D eigenvalue weighted by Crippen LogP contribution is 2.21. The van der Waals surface area contributed by atoms with Crippen LogP contribution >= 0.6 is 0 Å². The number of rotatable bonds is 2. The summed E-state index contributed by atoms with van der Waals surface area (Å²) in [5.74, 6) is -1.03. The van der Waals surface area contributed by atoms with E-state index in [1.807, 2.05) is 37.3 Å². The number of benzene rings is 1. The Labute approximate surface area is 109 Å². The van der Waals surface area contributed by atoms with E-state index in [0.29, 0.717) is 0 Å². The summed E-state index contributed by atoms with van der Waals surface area (Å²) in [5.41, 5.74) is 2.58. The summed E-state index contributed by atoms with van der Waals surface area (Å²) in [6.07, 6.45) is 1.64. The summed E-state index contributed by atoms with van der Waals surface area (Å²) in [6, 6.07) is 11.1. The topological polar surface area (TPSA) is 68.0 Å². The van der Waals surface area contributed by atoms with Crippen molar-refractivity contribution in [1.82, 2.24) is 14.8 Å². The molecule has 5 heteroatoms. The maximum Gasteiger partial charge on any atom is 0.356 e. The van der Waals surface area contributed by atoms with Crippen molar-refractivity contribution < 1.29 is 9.90 Å². The highest BCUT2D eigenvalue weighted by Gasteiger charge is 2.10. The van der Waals surface area contributed by atoms with Crippen LogP contribution in [0.3, 0.4) is 0 Å². The molecule has 1 aromatic carbocycles. The third-order valence-electron chi connectivity index (χ3n) is 2.88. The third-order valence-corrected chi connectivity index (χ3v) is 2.88. The fourth-order valence-corrected chi connectivity index (χ4v) is 2.05. The van der Waals surface area contributed by atoms with Crippen molar-refractivity contribution >= 4 is 16.9 Å². The summed E-state index contributed by atoms with van der Waals surface area (Å²) >= 11 is 0. The SMILES string of the molecule is Cc1cc(-n2ccc(C(=O)O)n2)c2ccccc2n1. The number of para-hydroxylation sites is 1. The van der Waals surface area contributed by atoms with Crippen LogP contribution in [0.2, 0.25) is 0 Å². The Morgan fingerprint density at radius 1 is 1.26 bits per heavy atom. The molecule has 2 heterocycles. The van der Waals surface area contributed by atoms with E-state index in [0.717, 1.165) is 22.3 Å². The predicted molar refractivity (Wildman–Crippen MR) is 70.6 cm³/mol. The number of aryl methyl sites for hydroxylation is 1. The zero-order valence-corrected chi connectivity index (χ0v) is 10.2. The first kappa shape index (κ1) is 11.4. The van der Waals surface area contributed by atoms with Crippen LogP contribution in [0.4, 0.5) is 0 Å². The second-order valence-electron chi connectivity index (χ2n) is 4.25. The summed E-state index contributed by atoms with van der Waals surface area (Å²) in [7, 11) is 0. The van der Waals surface area contributed by atoms with Crippen LogP contribution in [0.5, 0.6) is 0 Å². The second kappa shape index (κ2) is 4.20. The predicted octanol–water partition coefficient (Wildman–Crippen LogP) is 2.43. The van der Waals surface area contributed by atoms with E-state index in [1.165, 1.54) is 6.07 Å². The number of hydrogen-bond donors (Lipinski definition) is 1. The molecule has 0 amide bonds. The summed E-state index contributed by atoms with van der Waals surface area (Å²) in [4.78, 5) is 15.3. The molecule has 0 radical (unpaired) electrons. The number of carbonyl (C=O) groups is 1. The number of carboxylic acids is 1. The van der Waals surface area contributed by atoms with Crippen LogP contribution in [-0.4, -0.2) is 25.8 Å². The molecule has 5 nitrogen and oxygen atoms in total. The van der Waals surface area contributed by atoms with E-state index in [1.54, 1.807) is 10.9 Å². The quantitative estimate of drug-likeness (QED) is 0.761. The summed E-state index contributed by atoms with van der Waals surface area (Å²) in [5, 5.41) is 13.9. The van der Waals surface area contributed by atoms with Gasteiger partial charge in [-0.15, -0.1) is 0 Å². The molecule has 0 unspecified atom stereocenters. The lowest BCUT2D eigenvalue weighted by Crippen LogP contribution is -2.02. The Hall–Kier alpha value is -2.69. The molecule has 0 fully saturated rings. The summed E-state index contributed by atoms with van der Waals surface area (Å²) < 4.78 is 1.57. The number of hydrogen-bond acceptors (Lipinski definition) is 3. The molecular weight excluding hydrogens is 242 g/mol. The van der Waals surface area contributed by atoms with Crippen molar-refractivity contribution in [3.05, 3.63) is 54.0 Å². The molecule has 2 aromatic heterocycles. The first-order valence-electron chi connectivity index (χ1n) is 5.81. The molecule has 0 aliphatic carbocycles. The maximum atomic E-state index is 10.9. The fraction of sp³-hybridized carbons (Fsp3) is 0.0714. The van der Waals surface area contributed by atoms with Crippen molar-refractivity contribution in [3.8, 4) is 5.69 Å². The molecule has 0 aliphatic heterocycles. The van der Waals surface area contributed by atoms with Gasteiger partial charge in [0.15, 0.2) is 5.69 Å². The minimum Gasteiger partial charge on any atom is -0.476 e. The lowest BCUT2D eigenvalue weighted by molar-refractivity contribution is 0.0690. The van der Waals surface area contributed by atoms with E-state index >= 15 is 0 Å². The Morgan fingerprint density at radius 3 is 2.79 bits per heavy atom. The van der Waals surface area contributed by atoms with E-state index in [4.69, 9.17) is 5.11 Å². The molecule has 0 bridgehead atoms. The molecule has 3 rings (SSSR count). The second-order valence-corrected chi connectivity index (χ2v) is 4.25. The zero-order valence-electron chi connectivity index (χ0n) is 10.2. The molecule has 0 saturated heterocycles. The molecule has 0 aliphatic rings. The van der Waals surface area contributed by atoms with Gasteiger partial charge in [-0.25, -0.2) is 9.48 Å². The van der Waals surface area contributed by atoms with Crippen LogP contribution in [0.15, 0.2) is 42.6 Å². The number of nitrogens with zero attached hydrogens (tertiary/aromatic N) is 3. The van der Waals surface area contributed by atoms with Crippen LogP contribution in [0, 0.1) is 6.92 Å². The lowest BCUT2D eigenvalue weighted by atomic mass is 10.1. The van der Waals surface area contributed by atoms with Crippen molar-refractivity contribution in [2.24, 2.45) is 0 Å². The first-order valence-corrected chi connectivity index (χ1v) is 5.81. The van der Waals surface area contributed by atoms with Gasteiger partial charge in [0.2, 0.25) is 0 Å². The van der Waals surface area contributed by atoms with Gasteiger partial charge >= 0.3 is 5.97 Å². The van der Waals surface area contributed by atoms with Gasteiger partial charge in [-0.1, -0.05) is 18.2 Å². The highest BCUT2D eigenvalue weighted by molar-refractivity contribution is 5.88. The maximum absolute atomic E-state index is 10.9. The number of aromatic nitrogens is 3. The monoisotopic (exact) mass is 253 g/mol. The largest absolute Gasteiger partial charge is 0.476 e. The lowest BCUT2D eigenvalue weighted by Gasteiger charge is -2.07. The number of pyridine rings is 1. The normalized spacial score (nSPS) is 10.8. The average molecular weight is 253 g/mol. The standard InChI is InChI=1S/C14H11N3O2/c1-9-8-13(10-4-2-3-5-11(10)15-9)17-7-6-12(16-17)14(18)19/h2-8H,1H3,(H,18,19). The van der Waals surface area contributed by atoms with Gasteiger partial charge in [0.05, 0.1) is 11.2 Å². The molecule has 0 spiro atoms. The van der Waals surface area contributed by atoms with Crippen molar-refractivity contribution in [2.75, 3.05) is 0 Å². The number of fused-ring (bicyclic) bond motifs is 1. The zero-order chi connectivity index (χ0) is 13.4. The van der Waals surface area contributed by atoms with Gasteiger partial charge < -0.3 is 5.11 Å². The third kappa shape index (κ3) is 1.95. The van der Waals surface area contributed by atoms with E-state index in [2.05, 4.69) is 10.1 Å². The summed E-state index contributed by atoms with van der Waals surface area (Å²) in [6.45, 7) is 1.90. The Kier molecular flexibility index (Phi) is 2.52. The van der Waals surface area contributed by atoms with Crippen molar-refractivity contribution in [1.29, 1.82) is 0 Å². The minimum absolute atomic E-state index is 0.0264. The number of aromatic carboxylic acids is 1. The molecule has 0 saturated carbocycles. The molecule has 1 N–H and O–H groups in total. The van der Waals surface area contributed by atoms with E-state index < -0.39 is 5.97 Å². The van der Waals surface area contributed by atoms with Gasteiger partial charge in [-0.05, 0) is 25.1 Å². The Bertz CT molecular complexity index is 777. The smallest absolute Gasteiger partial charge is 0.356 e. The Balaban J connectivity index is 2.26. The van der Waals surface area contributed by atoms with Crippen LogP contribution in [0.1, 0.15) is 16.2 Å². The molecule has 94 valence electrons. The van der Waals surface area contributed by atoms with Gasteiger partial charge in [-0.2, -0.15) is 5.10 Å². The van der Waals surface area contributed by atoms with Gasteiger partial charge in [-0.3, -0.25) is 4.98 Å². The van der Waals surface area contributed by atoms with Gasteiger partial charge in [0.25, 0.3) is 0 Å². The van der Waals surface area contributed by atoms with Crippen molar-refractivity contribution in [2.45, 2.75) is 6.92 Å².